The molecular formula is C21H30BrN3O4. The zero-order chi connectivity index (χ0) is 20.4. The molecule has 0 spiro atoms. The number of piperidine rings is 1. The SMILES string of the molecule is CC1CN(CC2CCN(C(=O)Nc3cc4c(cc3Br)OCCO4)CC2)CC(C)O1. The van der Waals surface area contributed by atoms with Gasteiger partial charge in [-0.3, -0.25) is 4.90 Å². The molecule has 3 heterocycles. The lowest BCUT2D eigenvalue weighted by Gasteiger charge is -2.39. The van der Waals surface area contributed by atoms with Gasteiger partial charge in [-0.25, -0.2) is 4.79 Å². The van der Waals surface area contributed by atoms with Crippen molar-refractivity contribution < 1.29 is 19.0 Å². The monoisotopic (exact) mass is 467 g/mol. The summed E-state index contributed by atoms with van der Waals surface area (Å²) in [6.07, 6.45) is 2.68. The Labute approximate surface area is 180 Å². The predicted molar refractivity (Wildman–Crippen MR) is 115 cm³/mol. The molecule has 3 aliphatic rings. The predicted octanol–water partition coefficient (Wildman–Crippen LogP) is 3.57. The molecule has 1 aromatic carbocycles. The Hall–Kier alpha value is -1.51. The summed E-state index contributed by atoms with van der Waals surface area (Å²) in [5.74, 6) is 2.01. The van der Waals surface area contributed by atoms with Crippen LogP contribution in [0.5, 0.6) is 11.5 Å². The number of carbonyl (C=O) groups is 1. The first-order valence-corrected chi connectivity index (χ1v) is 11.3. The topological polar surface area (TPSA) is 63.3 Å². The number of carbonyl (C=O) groups excluding carboxylic acids is 1. The molecule has 3 aliphatic heterocycles. The van der Waals surface area contributed by atoms with E-state index < -0.39 is 0 Å². The lowest BCUT2D eigenvalue weighted by molar-refractivity contribution is -0.0728. The average Bonchev–Trinajstić information content (AvgIpc) is 2.68. The molecule has 160 valence electrons. The fourth-order valence-electron chi connectivity index (χ4n) is 4.47. The molecule has 4 rings (SSSR count). The third-order valence-corrected chi connectivity index (χ3v) is 6.44. The lowest BCUT2D eigenvalue weighted by Crippen LogP contribution is -2.49. The van der Waals surface area contributed by atoms with E-state index in [1.54, 1.807) is 0 Å². The van der Waals surface area contributed by atoms with Crippen LogP contribution in [-0.2, 0) is 4.74 Å². The number of fused-ring (bicyclic) bond motifs is 1. The van der Waals surface area contributed by atoms with Crippen LogP contribution in [0.2, 0.25) is 0 Å². The third-order valence-electron chi connectivity index (χ3n) is 5.79. The van der Waals surface area contributed by atoms with Crippen molar-refractivity contribution in [3.05, 3.63) is 16.6 Å². The number of benzene rings is 1. The number of urea groups is 1. The number of likely N-dealkylation sites (tertiary alicyclic amines) is 1. The quantitative estimate of drug-likeness (QED) is 0.735. The first kappa shape index (κ1) is 20.8. The highest BCUT2D eigenvalue weighted by Gasteiger charge is 2.28. The van der Waals surface area contributed by atoms with Crippen molar-refractivity contribution in [3.63, 3.8) is 0 Å². The highest BCUT2D eigenvalue weighted by molar-refractivity contribution is 9.10. The van der Waals surface area contributed by atoms with Crippen LogP contribution >= 0.6 is 15.9 Å². The van der Waals surface area contributed by atoms with Gasteiger partial charge >= 0.3 is 6.03 Å². The molecule has 2 atom stereocenters. The van der Waals surface area contributed by atoms with E-state index in [1.807, 2.05) is 17.0 Å². The number of nitrogens with one attached hydrogen (secondary N) is 1. The van der Waals surface area contributed by atoms with Gasteiger partial charge in [0.2, 0.25) is 0 Å². The van der Waals surface area contributed by atoms with Crippen molar-refractivity contribution in [2.75, 3.05) is 51.3 Å². The molecule has 8 heteroatoms. The standard InChI is InChI=1S/C21H30BrN3O4/c1-14-11-24(12-15(2)29-14)13-16-3-5-25(6-4-16)21(26)23-18-10-20-19(9-17(18)22)27-7-8-28-20/h9-10,14-16H,3-8,11-13H2,1-2H3,(H,23,26). The van der Waals surface area contributed by atoms with Gasteiger partial charge in [0.15, 0.2) is 11.5 Å². The second-order valence-corrected chi connectivity index (χ2v) is 9.17. The summed E-state index contributed by atoms with van der Waals surface area (Å²) in [6, 6.07) is 3.61. The van der Waals surface area contributed by atoms with Gasteiger partial charge in [0.1, 0.15) is 13.2 Å². The summed E-state index contributed by atoms with van der Waals surface area (Å²) in [6.45, 7) is 10.0. The number of anilines is 1. The second kappa shape index (κ2) is 9.10. The number of nitrogens with zero attached hydrogens (tertiary/aromatic N) is 2. The van der Waals surface area contributed by atoms with Crippen molar-refractivity contribution in [1.29, 1.82) is 0 Å². The highest BCUT2D eigenvalue weighted by Crippen LogP contribution is 2.38. The zero-order valence-electron chi connectivity index (χ0n) is 17.2. The first-order valence-electron chi connectivity index (χ1n) is 10.5. The number of hydrogen-bond acceptors (Lipinski definition) is 5. The Bertz CT molecular complexity index is 729. The normalized spacial score (nSPS) is 25.7. The van der Waals surface area contributed by atoms with Crippen LogP contribution in [-0.4, -0.2) is 74.0 Å². The van der Waals surface area contributed by atoms with E-state index in [4.69, 9.17) is 14.2 Å². The van der Waals surface area contributed by atoms with Crippen LogP contribution in [0.4, 0.5) is 10.5 Å². The lowest BCUT2D eigenvalue weighted by atomic mass is 9.96. The molecule has 0 bridgehead atoms. The molecule has 2 amide bonds. The van der Waals surface area contributed by atoms with Crippen LogP contribution in [0.1, 0.15) is 26.7 Å². The van der Waals surface area contributed by atoms with Gasteiger partial charge in [-0.15, -0.1) is 0 Å². The number of rotatable bonds is 3. The van der Waals surface area contributed by atoms with E-state index in [2.05, 4.69) is 40.0 Å². The maximum atomic E-state index is 12.8. The fraction of sp³-hybridized carbons (Fsp3) is 0.667. The summed E-state index contributed by atoms with van der Waals surface area (Å²) < 4.78 is 17.8. The van der Waals surface area contributed by atoms with Gasteiger partial charge in [0.05, 0.1) is 17.9 Å². The summed E-state index contributed by atoms with van der Waals surface area (Å²) in [5.41, 5.74) is 0.706. The van der Waals surface area contributed by atoms with E-state index in [0.29, 0.717) is 48.5 Å². The van der Waals surface area contributed by atoms with E-state index in [-0.39, 0.29) is 6.03 Å². The number of amides is 2. The highest BCUT2D eigenvalue weighted by atomic mass is 79.9. The van der Waals surface area contributed by atoms with Crippen molar-refractivity contribution >= 4 is 27.6 Å². The molecule has 2 saturated heterocycles. The van der Waals surface area contributed by atoms with Crippen molar-refractivity contribution in [2.45, 2.75) is 38.9 Å². The molecule has 0 radical (unpaired) electrons. The Morgan fingerprint density at radius 3 is 2.38 bits per heavy atom. The summed E-state index contributed by atoms with van der Waals surface area (Å²) in [7, 11) is 0. The summed E-state index contributed by atoms with van der Waals surface area (Å²) in [5, 5.41) is 3.02. The number of hydrogen-bond donors (Lipinski definition) is 1. The van der Waals surface area contributed by atoms with Crippen molar-refractivity contribution in [1.82, 2.24) is 9.80 Å². The van der Waals surface area contributed by atoms with Crippen molar-refractivity contribution in [3.8, 4) is 11.5 Å². The molecule has 0 aromatic heterocycles. The average molecular weight is 468 g/mol. The minimum Gasteiger partial charge on any atom is -0.486 e. The van der Waals surface area contributed by atoms with Crippen molar-refractivity contribution in [2.24, 2.45) is 5.92 Å². The Morgan fingerprint density at radius 1 is 1.10 bits per heavy atom. The van der Waals surface area contributed by atoms with E-state index >= 15 is 0 Å². The molecule has 1 N–H and O–H groups in total. The van der Waals surface area contributed by atoms with Gasteiger partial charge < -0.3 is 24.4 Å². The summed E-state index contributed by atoms with van der Waals surface area (Å²) >= 11 is 3.52. The van der Waals surface area contributed by atoms with Crippen LogP contribution in [0.3, 0.4) is 0 Å². The van der Waals surface area contributed by atoms with Gasteiger partial charge in [-0.2, -0.15) is 0 Å². The number of ether oxygens (including phenoxy) is 3. The fourth-order valence-corrected chi connectivity index (χ4v) is 4.89. The molecule has 2 fully saturated rings. The van der Waals surface area contributed by atoms with Crippen LogP contribution < -0.4 is 14.8 Å². The zero-order valence-corrected chi connectivity index (χ0v) is 18.7. The molecule has 1 aromatic rings. The minimum absolute atomic E-state index is 0.0607. The number of halogens is 1. The first-order chi connectivity index (χ1) is 14.0. The van der Waals surface area contributed by atoms with Gasteiger partial charge in [0, 0.05) is 49.3 Å². The third kappa shape index (κ3) is 5.16. The largest absolute Gasteiger partial charge is 0.486 e. The van der Waals surface area contributed by atoms with E-state index in [0.717, 1.165) is 50.0 Å². The second-order valence-electron chi connectivity index (χ2n) is 8.31. The maximum absolute atomic E-state index is 12.8. The summed E-state index contributed by atoms with van der Waals surface area (Å²) in [4.78, 5) is 17.2. The van der Waals surface area contributed by atoms with E-state index in [1.165, 1.54) is 0 Å². The van der Waals surface area contributed by atoms with Crippen LogP contribution in [0.25, 0.3) is 0 Å². The minimum atomic E-state index is -0.0607. The molecular weight excluding hydrogens is 438 g/mol. The van der Waals surface area contributed by atoms with Gasteiger partial charge in [-0.1, -0.05) is 0 Å². The number of morpholine rings is 1. The Balaban J connectivity index is 1.28. The molecule has 7 nitrogen and oxygen atoms in total. The van der Waals surface area contributed by atoms with Gasteiger partial charge in [0.25, 0.3) is 0 Å². The van der Waals surface area contributed by atoms with Gasteiger partial charge in [-0.05, 0) is 48.5 Å². The smallest absolute Gasteiger partial charge is 0.321 e. The molecule has 0 aliphatic carbocycles. The Kier molecular flexibility index (Phi) is 6.51. The molecule has 29 heavy (non-hydrogen) atoms. The Morgan fingerprint density at radius 2 is 1.72 bits per heavy atom. The van der Waals surface area contributed by atoms with Crippen LogP contribution in [0, 0.1) is 5.92 Å². The molecule has 2 unspecified atom stereocenters. The molecule has 0 saturated carbocycles. The maximum Gasteiger partial charge on any atom is 0.321 e. The van der Waals surface area contributed by atoms with Crippen LogP contribution in [0.15, 0.2) is 16.6 Å². The van der Waals surface area contributed by atoms with E-state index in [9.17, 15) is 4.79 Å².